The van der Waals surface area contributed by atoms with Gasteiger partial charge in [0.2, 0.25) is 5.89 Å². The molecule has 0 N–H and O–H groups in total. The summed E-state index contributed by atoms with van der Waals surface area (Å²) in [6.45, 7) is 0. The lowest BCUT2D eigenvalue weighted by Crippen LogP contribution is -2.09. The van der Waals surface area contributed by atoms with Crippen molar-refractivity contribution in [2.24, 2.45) is 0 Å². The largest absolute Gasteiger partial charge is 0.497 e. The molecule has 296 valence electrons. The second-order valence-corrected chi connectivity index (χ2v) is 15.2. The fourth-order valence-electron chi connectivity index (χ4n) is 8.29. The molecule has 6 nitrogen and oxygen atoms in total. The number of hydrogen-bond donors (Lipinski definition) is 0. The van der Waals surface area contributed by atoms with Gasteiger partial charge in [-0.3, -0.25) is 0 Å². The summed E-state index contributed by atoms with van der Waals surface area (Å²) >= 11 is 0. The third-order valence-corrected chi connectivity index (χ3v) is 11.4. The van der Waals surface area contributed by atoms with E-state index in [4.69, 9.17) is 18.6 Å². The second kappa shape index (κ2) is 15.7. The minimum absolute atomic E-state index is 0.609. The zero-order valence-corrected chi connectivity index (χ0v) is 33.9. The molecule has 2 aromatic heterocycles. The van der Waals surface area contributed by atoms with Gasteiger partial charge in [0.1, 0.15) is 22.4 Å². The van der Waals surface area contributed by atoms with E-state index in [-0.39, 0.29) is 0 Å². The van der Waals surface area contributed by atoms with Crippen molar-refractivity contribution in [3.8, 4) is 39.5 Å². The van der Waals surface area contributed by atoms with Crippen LogP contribution in [0, 0.1) is 0 Å². The van der Waals surface area contributed by atoms with Gasteiger partial charge in [-0.15, -0.1) is 0 Å². The molecular weight excluding hydrogens is 763 g/mol. The molecule has 0 unspecified atom stereocenters. The quantitative estimate of drug-likeness (QED) is 0.137. The van der Waals surface area contributed by atoms with Crippen LogP contribution in [0.1, 0.15) is 0 Å². The van der Waals surface area contributed by atoms with Gasteiger partial charge >= 0.3 is 0 Å². The minimum atomic E-state index is 0.609. The Balaban J connectivity index is 0.890. The van der Waals surface area contributed by atoms with E-state index in [1.807, 2.05) is 48.5 Å². The Morgan fingerprint density at radius 1 is 0.355 bits per heavy atom. The number of oxazole rings is 1. The van der Waals surface area contributed by atoms with Crippen molar-refractivity contribution < 1.29 is 13.6 Å². The number of anilines is 6. The van der Waals surface area contributed by atoms with Gasteiger partial charge < -0.3 is 23.4 Å². The molecule has 0 saturated heterocycles. The molecule has 0 atom stereocenters. The number of furan rings is 1. The topological polar surface area (TPSA) is 54.9 Å². The van der Waals surface area contributed by atoms with Crippen LogP contribution in [-0.4, -0.2) is 12.1 Å². The van der Waals surface area contributed by atoms with E-state index < -0.39 is 0 Å². The molecule has 0 aliphatic heterocycles. The van der Waals surface area contributed by atoms with Crippen LogP contribution in [0.25, 0.3) is 66.7 Å². The van der Waals surface area contributed by atoms with E-state index in [0.717, 1.165) is 101 Å². The van der Waals surface area contributed by atoms with Gasteiger partial charge in [-0.25, -0.2) is 4.98 Å². The highest BCUT2D eigenvalue weighted by Gasteiger charge is 2.17. The number of para-hydroxylation sites is 4. The van der Waals surface area contributed by atoms with Gasteiger partial charge in [0.25, 0.3) is 0 Å². The van der Waals surface area contributed by atoms with Gasteiger partial charge in [-0.05, 0) is 144 Å². The highest BCUT2D eigenvalue weighted by molar-refractivity contribution is 6.07. The third-order valence-electron chi connectivity index (χ3n) is 11.4. The Bertz CT molecular complexity index is 3290. The van der Waals surface area contributed by atoms with Gasteiger partial charge in [-0.1, -0.05) is 91.0 Å². The van der Waals surface area contributed by atoms with Crippen LogP contribution < -0.4 is 14.5 Å². The SMILES string of the molecule is COc1cccc(N(c2ccccc2)c2ccc(-c3ccc4oc5ccc(-c6ccc(N(c7ccccc7)c7ccc(-c8nc9ccccc9o8)cc7)cc6)cc5c4c3)cc2)c1. The molecule has 62 heavy (non-hydrogen) atoms. The summed E-state index contributed by atoms with van der Waals surface area (Å²) in [5, 5.41) is 2.16. The fourth-order valence-corrected chi connectivity index (χ4v) is 8.29. The van der Waals surface area contributed by atoms with Crippen LogP contribution in [0.3, 0.4) is 0 Å². The van der Waals surface area contributed by atoms with Crippen molar-refractivity contribution in [1.29, 1.82) is 0 Å². The molecule has 9 aromatic carbocycles. The first-order valence-corrected chi connectivity index (χ1v) is 20.6. The van der Waals surface area contributed by atoms with Crippen molar-refractivity contribution in [1.82, 2.24) is 4.98 Å². The van der Waals surface area contributed by atoms with Crippen molar-refractivity contribution in [2.45, 2.75) is 0 Å². The van der Waals surface area contributed by atoms with E-state index in [2.05, 4.69) is 180 Å². The molecule has 0 fully saturated rings. The molecule has 11 aromatic rings. The average molecular weight is 802 g/mol. The predicted octanol–water partition coefficient (Wildman–Crippen LogP) is 15.7. The maximum absolute atomic E-state index is 6.37. The Morgan fingerprint density at radius 3 is 1.34 bits per heavy atom. The fraction of sp³-hybridized carbons (Fsp3) is 0.0179. The lowest BCUT2D eigenvalue weighted by Gasteiger charge is -2.26. The lowest BCUT2D eigenvalue weighted by atomic mass is 9.99. The van der Waals surface area contributed by atoms with Crippen LogP contribution >= 0.6 is 0 Å². The molecule has 11 rings (SSSR count). The number of nitrogens with zero attached hydrogens (tertiary/aromatic N) is 3. The molecule has 0 amide bonds. The molecule has 0 aliphatic carbocycles. The van der Waals surface area contributed by atoms with Crippen LogP contribution in [0.5, 0.6) is 5.75 Å². The summed E-state index contributed by atoms with van der Waals surface area (Å²) < 4.78 is 18.0. The smallest absolute Gasteiger partial charge is 0.227 e. The Hall–Kier alpha value is -8.35. The number of hydrogen-bond acceptors (Lipinski definition) is 6. The third kappa shape index (κ3) is 6.89. The number of aromatic nitrogens is 1. The standard InChI is InChI=1S/C56H39N3O3/c1-60-49-16-10-15-48(37-49)59(44-13-6-3-7-14-44)47-29-21-39(22-30-47)42-26-34-54-51(36-42)50-35-41(25-33-53(50)61-54)38-19-27-45(28-20-38)58(43-11-4-2-5-12-43)46-31-23-40(24-32-46)56-57-52-17-8-9-18-55(52)62-56/h2-37H,1H3. The molecule has 0 saturated carbocycles. The molecule has 6 heteroatoms. The summed E-state index contributed by atoms with van der Waals surface area (Å²) in [4.78, 5) is 9.21. The first kappa shape index (κ1) is 36.7. The van der Waals surface area contributed by atoms with Crippen LogP contribution in [0.4, 0.5) is 34.1 Å². The number of rotatable bonds is 10. The molecule has 0 spiro atoms. The second-order valence-electron chi connectivity index (χ2n) is 15.2. The summed E-state index contributed by atoms with van der Waals surface area (Å²) in [5.41, 5.74) is 15.1. The molecular formula is C56H39N3O3. The Morgan fingerprint density at radius 2 is 0.806 bits per heavy atom. The summed E-state index contributed by atoms with van der Waals surface area (Å²) in [7, 11) is 1.70. The van der Waals surface area contributed by atoms with E-state index in [9.17, 15) is 0 Å². The van der Waals surface area contributed by atoms with Crippen LogP contribution in [-0.2, 0) is 0 Å². The van der Waals surface area contributed by atoms with Crippen molar-refractivity contribution in [3.63, 3.8) is 0 Å². The summed E-state index contributed by atoms with van der Waals surface area (Å²) in [6.07, 6.45) is 0. The number of ether oxygens (including phenoxy) is 1. The first-order valence-electron chi connectivity index (χ1n) is 20.6. The summed E-state index contributed by atoms with van der Waals surface area (Å²) in [6, 6.07) is 75.6. The number of fused-ring (bicyclic) bond motifs is 4. The Labute approximate surface area is 359 Å². The van der Waals surface area contributed by atoms with Gasteiger partial charge in [0.05, 0.1) is 7.11 Å². The molecule has 0 radical (unpaired) electrons. The van der Waals surface area contributed by atoms with Gasteiger partial charge in [-0.2, -0.15) is 0 Å². The van der Waals surface area contributed by atoms with E-state index in [1.165, 1.54) is 0 Å². The maximum atomic E-state index is 6.37. The monoisotopic (exact) mass is 801 g/mol. The highest BCUT2D eigenvalue weighted by atomic mass is 16.5. The van der Waals surface area contributed by atoms with Gasteiger partial charge in [0, 0.05) is 56.5 Å². The lowest BCUT2D eigenvalue weighted by molar-refractivity contribution is 0.415. The normalized spacial score (nSPS) is 11.3. The number of methoxy groups -OCH3 is 1. The van der Waals surface area contributed by atoms with E-state index in [0.29, 0.717) is 5.89 Å². The molecule has 0 aliphatic rings. The molecule has 0 bridgehead atoms. The van der Waals surface area contributed by atoms with Crippen LogP contribution in [0.15, 0.2) is 227 Å². The van der Waals surface area contributed by atoms with Crippen molar-refractivity contribution in [3.05, 3.63) is 218 Å². The van der Waals surface area contributed by atoms with E-state index in [1.54, 1.807) is 7.11 Å². The Kier molecular flexibility index (Phi) is 9.28. The summed E-state index contributed by atoms with van der Waals surface area (Å²) in [5.74, 6) is 1.42. The predicted molar refractivity (Wildman–Crippen MR) is 254 cm³/mol. The zero-order chi connectivity index (χ0) is 41.4. The van der Waals surface area contributed by atoms with Crippen molar-refractivity contribution in [2.75, 3.05) is 16.9 Å². The molecule has 2 heterocycles. The van der Waals surface area contributed by atoms with Crippen molar-refractivity contribution >= 4 is 67.2 Å². The van der Waals surface area contributed by atoms with E-state index >= 15 is 0 Å². The average Bonchev–Trinajstić information content (AvgIpc) is 3.95. The zero-order valence-electron chi connectivity index (χ0n) is 33.9. The minimum Gasteiger partial charge on any atom is -0.497 e. The first-order chi connectivity index (χ1) is 30.6. The van der Waals surface area contributed by atoms with Crippen LogP contribution in [0.2, 0.25) is 0 Å². The maximum Gasteiger partial charge on any atom is 0.227 e. The number of benzene rings is 9. The van der Waals surface area contributed by atoms with Gasteiger partial charge in [0.15, 0.2) is 5.58 Å². The highest BCUT2D eigenvalue weighted by Crippen LogP contribution is 2.40.